The number of aromatic nitrogens is 1. The summed E-state index contributed by atoms with van der Waals surface area (Å²) in [4.78, 5) is 16.7. The van der Waals surface area contributed by atoms with Gasteiger partial charge in [0.2, 0.25) is 5.91 Å². The zero-order valence-electron chi connectivity index (χ0n) is 13.0. The van der Waals surface area contributed by atoms with Gasteiger partial charge in [-0.3, -0.25) is 4.79 Å². The summed E-state index contributed by atoms with van der Waals surface area (Å²) < 4.78 is 5.04. The van der Waals surface area contributed by atoms with Crippen LogP contribution in [0.1, 0.15) is 22.9 Å². The second-order valence-electron chi connectivity index (χ2n) is 5.32. The Balaban J connectivity index is 1.67. The molecule has 1 amide bonds. The van der Waals surface area contributed by atoms with Crippen LogP contribution in [0.15, 0.2) is 52.7 Å². The van der Waals surface area contributed by atoms with Crippen molar-refractivity contribution in [2.75, 3.05) is 0 Å². The van der Waals surface area contributed by atoms with Crippen molar-refractivity contribution >= 4 is 17.2 Å². The number of benzene rings is 1. The normalized spacial score (nSPS) is 11.7. The second kappa shape index (κ2) is 7.11. The number of rotatable bonds is 5. The Morgan fingerprint density at radius 3 is 2.96 bits per heavy atom. The molecule has 0 radical (unpaired) electrons. The Labute approximate surface area is 143 Å². The lowest BCUT2D eigenvalue weighted by Gasteiger charge is -2.13. The number of carbonyl (C=O) groups excluding carboxylic acids is 1. The van der Waals surface area contributed by atoms with Crippen LogP contribution in [-0.2, 0) is 11.2 Å². The number of nitriles is 1. The fraction of sp³-hybridized carbons (Fsp3) is 0.167. The molecule has 0 bridgehead atoms. The van der Waals surface area contributed by atoms with E-state index in [1.165, 1.54) is 11.3 Å². The summed E-state index contributed by atoms with van der Waals surface area (Å²) in [6.45, 7) is 1.92. The Hall–Kier alpha value is -2.91. The van der Waals surface area contributed by atoms with Crippen LogP contribution in [0.3, 0.4) is 0 Å². The van der Waals surface area contributed by atoms with E-state index >= 15 is 0 Å². The molecule has 0 spiro atoms. The minimum Gasteiger partial charge on any atom is -0.472 e. The third-order valence-electron chi connectivity index (χ3n) is 3.60. The maximum atomic E-state index is 12.2. The molecular weight excluding hydrogens is 322 g/mol. The molecule has 3 rings (SSSR count). The van der Waals surface area contributed by atoms with Gasteiger partial charge in [-0.25, -0.2) is 4.98 Å². The minimum absolute atomic E-state index is 0.137. The van der Waals surface area contributed by atoms with Crippen molar-refractivity contribution in [2.45, 2.75) is 19.4 Å². The number of hydrogen-bond acceptors (Lipinski definition) is 5. The molecule has 1 unspecified atom stereocenters. The lowest BCUT2D eigenvalue weighted by molar-refractivity contribution is -0.120. The van der Waals surface area contributed by atoms with Crippen LogP contribution in [0.2, 0.25) is 0 Å². The van der Waals surface area contributed by atoms with E-state index < -0.39 is 6.04 Å². The van der Waals surface area contributed by atoms with E-state index in [0.717, 1.165) is 21.7 Å². The van der Waals surface area contributed by atoms with Gasteiger partial charge >= 0.3 is 0 Å². The van der Waals surface area contributed by atoms with Gasteiger partial charge < -0.3 is 9.73 Å². The molecule has 1 atom stereocenters. The Morgan fingerprint density at radius 1 is 1.42 bits per heavy atom. The van der Waals surface area contributed by atoms with Gasteiger partial charge in [-0.15, -0.1) is 11.3 Å². The van der Waals surface area contributed by atoms with Gasteiger partial charge in [0.05, 0.1) is 24.4 Å². The smallest absolute Gasteiger partial charge is 0.227 e. The molecule has 0 fully saturated rings. The molecule has 0 aliphatic heterocycles. The summed E-state index contributed by atoms with van der Waals surface area (Å²) in [7, 11) is 0. The fourth-order valence-electron chi connectivity index (χ4n) is 2.37. The molecule has 0 aliphatic carbocycles. The Morgan fingerprint density at radius 2 is 2.25 bits per heavy atom. The molecule has 0 saturated heterocycles. The maximum Gasteiger partial charge on any atom is 0.227 e. The van der Waals surface area contributed by atoms with Crippen LogP contribution >= 0.6 is 11.3 Å². The summed E-state index contributed by atoms with van der Waals surface area (Å²) in [5, 5.41) is 14.8. The molecule has 2 aromatic heterocycles. The topological polar surface area (TPSA) is 78.9 Å². The van der Waals surface area contributed by atoms with Crippen molar-refractivity contribution in [1.82, 2.24) is 10.3 Å². The number of thiazole rings is 1. The predicted octanol–water partition coefficient (Wildman–Crippen LogP) is 3.64. The van der Waals surface area contributed by atoms with Gasteiger partial charge in [0.15, 0.2) is 0 Å². The number of nitrogens with zero attached hydrogens (tertiary/aromatic N) is 2. The highest BCUT2D eigenvalue weighted by molar-refractivity contribution is 7.13. The van der Waals surface area contributed by atoms with Crippen LogP contribution in [0.5, 0.6) is 0 Å². The zero-order chi connectivity index (χ0) is 16.9. The first-order valence-corrected chi connectivity index (χ1v) is 8.27. The van der Waals surface area contributed by atoms with Crippen LogP contribution in [0.4, 0.5) is 0 Å². The highest BCUT2D eigenvalue weighted by Crippen LogP contribution is 2.24. The minimum atomic E-state index is -0.661. The second-order valence-corrected chi connectivity index (χ2v) is 6.18. The third-order valence-corrected chi connectivity index (χ3v) is 4.54. The highest BCUT2D eigenvalue weighted by Gasteiger charge is 2.17. The lowest BCUT2D eigenvalue weighted by atomic mass is 10.0. The Kier molecular flexibility index (Phi) is 4.73. The number of furan rings is 1. The van der Waals surface area contributed by atoms with E-state index in [1.807, 2.05) is 42.6 Å². The van der Waals surface area contributed by atoms with Crippen molar-refractivity contribution < 1.29 is 9.21 Å². The average molecular weight is 337 g/mol. The van der Waals surface area contributed by atoms with Crippen molar-refractivity contribution in [3.8, 4) is 16.6 Å². The molecule has 0 aliphatic rings. The molecule has 1 aromatic carbocycles. The van der Waals surface area contributed by atoms with Crippen molar-refractivity contribution in [1.29, 1.82) is 5.26 Å². The summed E-state index contributed by atoms with van der Waals surface area (Å²) in [5.74, 6) is -0.228. The monoisotopic (exact) mass is 337 g/mol. The molecule has 0 saturated carbocycles. The highest BCUT2D eigenvalue weighted by atomic mass is 32.1. The number of hydrogen-bond donors (Lipinski definition) is 1. The quantitative estimate of drug-likeness (QED) is 0.771. The first kappa shape index (κ1) is 16.0. The molecule has 24 heavy (non-hydrogen) atoms. The van der Waals surface area contributed by atoms with Gasteiger partial charge in [0, 0.05) is 10.9 Å². The summed E-state index contributed by atoms with van der Waals surface area (Å²) >= 11 is 1.46. The van der Waals surface area contributed by atoms with Crippen LogP contribution in [0.25, 0.3) is 10.6 Å². The van der Waals surface area contributed by atoms with E-state index in [2.05, 4.69) is 16.4 Å². The predicted molar refractivity (Wildman–Crippen MR) is 91.2 cm³/mol. The van der Waals surface area contributed by atoms with Gasteiger partial charge in [-0.1, -0.05) is 24.3 Å². The summed E-state index contributed by atoms with van der Waals surface area (Å²) in [6.07, 6.45) is 3.34. The van der Waals surface area contributed by atoms with Crippen LogP contribution in [-0.4, -0.2) is 10.9 Å². The zero-order valence-corrected chi connectivity index (χ0v) is 13.8. The van der Waals surface area contributed by atoms with Crippen molar-refractivity contribution in [2.24, 2.45) is 0 Å². The van der Waals surface area contributed by atoms with Crippen molar-refractivity contribution in [3.63, 3.8) is 0 Å². The van der Waals surface area contributed by atoms with Gasteiger partial charge in [-0.05, 0) is 24.1 Å². The van der Waals surface area contributed by atoms with Crippen LogP contribution in [0, 0.1) is 18.3 Å². The number of nitrogens with one attached hydrogen (secondary N) is 1. The van der Waals surface area contributed by atoms with Gasteiger partial charge in [0.25, 0.3) is 0 Å². The first-order valence-electron chi connectivity index (χ1n) is 7.39. The molecule has 3 aromatic rings. The van der Waals surface area contributed by atoms with E-state index in [-0.39, 0.29) is 12.3 Å². The van der Waals surface area contributed by atoms with E-state index in [1.54, 1.807) is 12.5 Å². The van der Waals surface area contributed by atoms with Gasteiger partial charge in [-0.2, -0.15) is 5.26 Å². The third kappa shape index (κ3) is 3.53. The molecule has 120 valence electrons. The van der Waals surface area contributed by atoms with E-state index in [0.29, 0.717) is 5.69 Å². The maximum absolute atomic E-state index is 12.2. The molecule has 6 heteroatoms. The van der Waals surface area contributed by atoms with Gasteiger partial charge in [0.1, 0.15) is 17.3 Å². The average Bonchev–Trinajstić information content (AvgIpc) is 3.24. The first-order chi connectivity index (χ1) is 11.7. The van der Waals surface area contributed by atoms with Crippen molar-refractivity contribution in [3.05, 3.63) is 65.1 Å². The fourth-order valence-corrected chi connectivity index (χ4v) is 3.18. The van der Waals surface area contributed by atoms with Crippen LogP contribution < -0.4 is 5.32 Å². The molecule has 2 heterocycles. The van der Waals surface area contributed by atoms with E-state index in [4.69, 9.17) is 4.42 Å². The molecule has 5 nitrogen and oxygen atoms in total. The van der Waals surface area contributed by atoms with E-state index in [9.17, 15) is 10.1 Å². The number of aryl methyl sites for hydroxylation is 1. The molecule has 1 N–H and O–H groups in total. The standard InChI is InChI=1S/C18H15N3O2S/c1-12-4-2-3-5-15(12)16(9-19)21-17(22)8-14-11-24-18(20-14)13-6-7-23-10-13/h2-7,10-11,16H,8H2,1H3,(H,21,22). The number of carbonyl (C=O) groups is 1. The lowest BCUT2D eigenvalue weighted by Crippen LogP contribution is -2.29. The Bertz CT molecular complexity index is 878. The number of amides is 1. The summed E-state index contributed by atoms with van der Waals surface area (Å²) in [6, 6.07) is 10.8. The largest absolute Gasteiger partial charge is 0.472 e. The SMILES string of the molecule is Cc1ccccc1C(C#N)NC(=O)Cc1csc(-c2ccoc2)n1. The molecular formula is C18H15N3O2S. The summed E-state index contributed by atoms with van der Waals surface area (Å²) in [5.41, 5.74) is 3.35.